The van der Waals surface area contributed by atoms with Crippen molar-refractivity contribution in [2.24, 2.45) is 5.73 Å². The van der Waals surface area contributed by atoms with Crippen LogP contribution in [0.2, 0.25) is 0 Å². The molecule has 0 aromatic heterocycles. The predicted molar refractivity (Wildman–Crippen MR) is 148 cm³/mol. The van der Waals surface area contributed by atoms with E-state index >= 15 is 0 Å². The first kappa shape index (κ1) is 26.5. The van der Waals surface area contributed by atoms with Crippen molar-refractivity contribution in [3.63, 3.8) is 0 Å². The van der Waals surface area contributed by atoms with Crippen LogP contribution in [-0.4, -0.2) is 83.5 Å². The summed E-state index contributed by atoms with van der Waals surface area (Å²) in [5.41, 5.74) is 10.7. The zero-order valence-electron chi connectivity index (χ0n) is 23.2. The number of esters is 1. The SMILES string of the molecule is COc1c(C)cc2c(c1O)[C@@H]1[C@@H]3[C@@H]4SC[C@H](N)C(=O)OC[C@@H](c5c6c(c(C)c(O)c54)OCO6)N3[C@@H](C#N)[C@H](C2)N1C. The third kappa shape index (κ3) is 3.46. The number of carbonyl (C=O) groups excluding carboxylic acids is 1. The van der Waals surface area contributed by atoms with Crippen LogP contribution in [0.1, 0.15) is 50.7 Å². The van der Waals surface area contributed by atoms with Gasteiger partial charge in [-0.05, 0) is 38.4 Å². The summed E-state index contributed by atoms with van der Waals surface area (Å²) in [7, 11) is 3.53. The number of aryl methyl sites for hydroxylation is 1. The summed E-state index contributed by atoms with van der Waals surface area (Å²) in [6.07, 6.45) is 0.543. The quantitative estimate of drug-likeness (QED) is 0.425. The lowest BCUT2D eigenvalue weighted by atomic mass is 9.71. The monoisotopic (exact) mass is 580 g/mol. The molecule has 7 rings (SSSR count). The Balaban J connectivity index is 1.54. The molecule has 4 bridgehead atoms. The molecule has 0 aliphatic carbocycles. The molecule has 0 saturated carbocycles. The number of cyclic esters (lactones) is 1. The minimum atomic E-state index is -0.857. The maximum Gasteiger partial charge on any atom is 0.323 e. The fourth-order valence-electron chi connectivity index (χ4n) is 7.72. The molecule has 5 heterocycles. The number of rotatable bonds is 1. The second-order valence-electron chi connectivity index (χ2n) is 11.4. The number of thioether (sulfide) groups is 1. The van der Waals surface area contributed by atoms with E-state index in [9.17, 15) is 20.3 Å². The first-order valence-corrected chi connectivity index (χ1v) is 14.7. The molecule has 2 aromatic rings. The number of nitriles is 1. The molecule has 216 valence electrons. The van der Waals surface area contributed by atoms with Crippen molar-refractivity contribution in [3.8, 4) is 34.8 Å². The van der Waals surface area contributed by atoms with E-state index in [1.54, 1.807) is 14.0 Å². The average Bonchev–Trinajstić information content (AvgIpc) is 3.44. The van der Waals surface area contributed by atoms with Crippen molar-refractivity contribution in [3.05, 3.63) is 39.4 Å². The van der Waals surface area contributed by atoms with Gasteiger partial charge in [-0.3, -0.25) is 14.6 Å². The maximum absolute atomic E-state index is 12.8. The fraction of sp³-hybridized carbons (Fsp3) is 0.517. The lowest BCUT2D eigenvalue weighted by Gasteiger charge is -2.61. The van der Waals surface area contributed by atoms with Crippen molar-refractivity contribution in [1.82, 2.24) is 9.80 Å². The van der Waals surface area contributed by atoms with Crippen LogP contribution in [0.3, 0.4) is 0 Å². The predicted octanol–water partition coefficient (Wildman–Crippen LogP) is 2.34. The van der Waals surface area contributed by atoms with Crippen LogP contribution in [0.4, 0.5) is 0 Å². The van der Waals surface area contributed by atoms with E-state index in [4.69, 9.17) is 24.7 Å². The van der Waals surface area contributed by atoms with Crippen LogP contribution in [0, 0.1) is 25.2 Å². The topological polar surface area (TPSA) is 151 Å². The molecule has 0 radical (unpaired) electrons. The van der Waals surface area contributed by atoms with Crippen LogP contribution in [0.15, 0.2) is 6.07 Å². The minimum Gasteiger partial charge on any atom is -0.507 e. The van der Waals surface area contributed by atoms with E-state index in [0.29, 0.717) is 40.4 Å². The van der Waals surface area contributed by atoms with Crippen LogP contribution in [0.25, 0.3) is 0 Å². The third-order valence-corrected chi connectivity index (χ3v) is 10.9. The van der Waals surface area contributed by atoms with E-state index in [-0.39, 0.29) is 42.7 Å². The zero-order valence-corrected chi connectivity index (χ0v) is 24.0. The lowest BCUT2D eigenvalue weighted by Crippen LogP contribution is -2.69. The highest BCUT2D eigenvalue weighted by atomic mass is 32.2. The second-order valence-corrected chi connectivity index (χ2v) is 12.6. The smallest absolute Gasteiger partial charge is 0.323 e. The number of fused-ring (bicyclic) bond motifs is 9. The molecule has 0 amide bonds. The number of carbonyl (C=O) groups is 1. The number of benzene rings is 2. The van der Waals surface area contributed by atoms with Gasteiger partial charge in [0.25, 0.3) is 0 Å². The Morgan fingerprint density at radius 2 is 1.90 bits per heavy atom. The van der Waals surface area contributed by atoms with Gasteiger partial charge in [0.2, 0.25) is 6.79 Å². The fourth-order valence-corrected chi connectivity index (χ4v) is 9.16. The molecule has 7 atom stereocenters. The number of ether oxygens (including phenoxy) is 4. The zero-order chi connectivity index (χ0) is 28.9. The highest BCUT2D eigenvalue weighted by Gasteiger charge is 2.60. The van der Waals surface area contributed by atoms with Crippen LogP contribution in [0.5, 0.6) is 28.7 Å². The average molecular weight is 581 g/mol. The Morgan fingerprint density at radius 1 is 1.15 bits per heavy atom. The Bertz CT molecular complexity index is 1530. The summed E-state index contributed by atoms with van der Waals surface area (Å²) in [5, 5.41) is 33.7. The number of hydrogen-bond donors (Lipinski definition) is 3. The highest BCUT2D eigenvalue weighted by Crippen LogP contribution is 2.63. The number of aromatic hydroxyl groups is 2. The molecule has 5 aliphatic rings. The van der Waals surface area contributed by atoms with Gasteiger partial charge in [0.1, 0.15) is 24.4 Å². The summed E-state index contributed by atoms with van der Waals surface area (Å²) in [5.74, 6) is 1.27. The molecule has 4 N–H and O–H groups in total. The summed E-state index contributed by atoms with van der Waals surface area (Å²) in [6, 6.07) is 1.56. The number of phenolic OH excluding ortho intramolecular Hbond substituents is 2. The molecule has 5 aliphatic heterocycles. The van der Waals surface area contributed by atoms with Gasteiger partial charge in [-0.15, -0.1) is 11.8 Å². The second kappa shape index (κ2) is 9.32. The first-order chi connectivity index (χ1) is 19.7. The van der Waals surface area contributed by atoms with Gasteiger partial charge in [0.15, 0.2) is 23.0 Å². The van der Waals surface area contributed by atoms with Crippen LogP contribution in [-0.2, 0) is 16.0 Å². The molecule has 2 aromatic carbocycles. The first-order valence-electron chi connectivity index (χ1n) is 13.7. The number of nitrogens with zero attached hydrogens (tertiary/aromatic N) is 3. The van der Waals surface area contributed by atoms with Gasteiger partial charge in [0.05, 0.1) is 30.5 Å². The molecule has 0 unspecified atom stereocenters. The van der Waals surface area contributed by atoms with E-state index < -0.39 is 35.4 Å². The van der Waals surface area contributed by atoms with Gasteiger partial charge in [0, 0.05) is 40.1 Å². The number of piperazine rings is 1. The van der Waals surface area contributed by atoms with E-state index in [2.05, 4.69) is 15.9 Å². The molecule has 41 heavy (non-hydrogen) atoms. The largest absolute Gasteiger partial charge is 0.507 e. The van der Waals surface area contributed by atoms with E-state index in [1.165, 1.54) is 11.8 Å². The number of hydrogen-bond acceptors (Lipinski definition) is 12. The van der Waals surface area contributed by atoms with Crippen molar-refractivity contribution in [1.29, 1.82) is 5.26 Å². The number of likely N-dealkylation sites (N-methyl/N-ethyl adjacent to an activating group) is 1. The van der Waals surface area contributed by atoms with Crippen molar-refractivity contribution < 1.29 is 34.0 Å². The number of methoxy groups -OCH3 is 1. The minimum absolute atomic E-state index is 0.000740. The summed E-state index contributed by atoms with van der Waals surface area (Å²) >= 11 is 1.45. The molecule has 2 saturated heterocycles. The third-order valence-electron chi connectivity index (χ3n) is 9.47. The lowest BCUT2D eigenvalue weighted by molar-refractivity contribution is -0.150. The van der Waals surface area contributed by atoms with E-state index in [1.807, 2.05) is 20.0 Å². The molecule has 2 fully saturated rings. The Hall–Kier alpha value is -3.37. The molecular formula is C29H32N4O7S. The van der Waals surface area contributed by atoms with Crippen LogP contribution < -0.4 is 19.9 Å². The van der Waals surface area contributed by atoms with Gasteiger partial charge in [-0.1, -0.05) is 6.07 Å². The summed E-state index contributed by atoms with van der Waals surface area (Å²) < 4.78 is 23.2. The summed E-state index contributed by atoms with van der Waals surface area (Å²) in [4.78, 5) is 17.1. The van der Waals surface area contributed by atoms with Gasteiger partial charge in [-0.2, -0.15) is 5.26 Å². The van der Waals surface area contributed by atoms with Gasteiger partial charge < -0.3 is 34.9 Å². The number of nitrogens with two attached hydrogens (primary N) is 1. The van der Waals surface area contributed by atoms with Crippen LogP contribution >= 0.6 is 11.8 Å². The van der Waals surface area contributed by atoms with Crippen molar-refractivity contribution in [2.45, 2.75) is 61.8 Å². The molecule has 11 nitrogen and oxygen atoms in total. The van der Waals surface area contributed by atoms with E-state index in [0.717, 1.165) is 16.7 Å². The number of phenols is 2. The van der Waals surface area contributed by atoms with Crippen molar-refractivity contribution >= 4 is 17.7 Å². The van der Waals surface area contributed by atoms with Gasteiger partial charge in [-0.25, -0.2) is 0 Å². The normalized spacial score (nSPS) is 31.9. The molecular weight excluding hydrogens is 548 g/mol. The molecule has 12 heteroatoms. The Morgan fingerprint density at radius 3 is 2.63 bits per heavy atom. The highest BCUT2D eigenvalue weighted by molar-refractivity contribution is 7.99. The van der Waals surface area contributed by atoms with Gasteiger partial charge >= 0.3 is 5.97 Å². The standard InChI is InChI=1S/C29H32N4O7S/c1-11-5-13-6-15-16(7-30)33-17-8-38-29(36)14(31)9-41-28(20-19(17)27-26(39-10-40-27)12(2)23(20)34)22(33)21(32(15)3)18(13)24(35)25(11)37-4/h5,14-17,21-22,28,34-35H,6,8-10,31H2,1-4H3/t14-,15-,16-,17-,21+,22+,28+/m0/s1. The maximum atomic E-state index is 12.8. The Kier molecular flexibility index (Phi) is 6.03. The van der Waals surface area contributed by atoms with Crippen molar-refractivity contribution in [2.75, 3.05) is 33.3 Å². The Labute approximate surface area is 241 Å². The summed E-state index contributed by atoms with van der Waals surface area (Å²) in [6.45, 7) is 3.61. The molecule has 0 spiro atoms.